The number of nitriles is 1. The topological polar surface area (TPSA) is 85.2 Å². The molecule has 0 radical (unpaired) electrons. The highest BCUT2D eigenvalue weighted by molar-refractivity contribution is 7.80. The number of hydrogen-bond acceptors (Lipinski definition) is 6. The summed E-state index contributed by atoms with van der Waals surface area (Å²) >= 11 is 4.59. The van der Waals surface area contributed by atoms with Gasteiger partial charge in [-0.25, -0.2) is 0 Å². The number of thiol groups is 1. The van der Waals surface area contributed by atoms with Crippen LogP contribution in [0.3, 0.4) is 0 Å². The SMILES string of the molecule is N#Cc1ccc(Cn2nnc(-c3cnn(Cc4ccccc4)c3S)n2)cc1. The highest BCUT2D eigenvalue weighted by atomic mass is 32.1. The number of aromatic nitrogens is 6. The van der Waals surface area contributed by atoms with Crippen LogP contribution in [0.2, 0.25) is 0 Å². The molecule has 0 atom stereocenters. The Bertz CT molecular complexity index is 1090. The smallest absolute Gasteiger partial charge is 0.209 e. The standard InChI is InChI=1S/C19H15N7S/c20-10-14-6-8-16(9-7-14)13-26-23-18(22-24-26)17-11-21-25(19(17)27)12-15-4-2-1-3-5-15/h1-9,11,27H,12-13H2. The molecule has 0 saturated carbocycles. The van der Waals surface area contributed by atoms with Crippen LogP contribution in [0.25, 0.3) is 11.4 Å². The lowest BCUT2D eigenvalue weighted by molar-refractivity contribution is 0.572. The van der Waals surface area contributed by atoms with Crippen molar-refractivity contribution in [3.05, 3.63) is 77.5 Å². The fraction of sp³-hybridized carbons (Fsp3) is 0.105. The molecule has 0 fully saturated rings. The van der Waals surface area contributed by atoms with Crippen LogP contribution in [-0.4, -0.2) is 30.0 Å². The van der Waals surface area contributed by atoms with E-state index < -0.39 is 0 Å². The third kappa shape index (κ3) is 3.73. The fourth-order valence-corrected chi connectivity index (χ4v) is 2.95. The summed E-state index contributed by atoms with van der Waals surface area (Å²) in [4.78, 5) is 1.51. The van der Waals surface area contributed by atoms with Gasteiger partial charge in [0.05, 0.1) is 36.5 Å². The van der Waals surface area contributed by atoms with Crippen molar-refractivity contribution in [1.82, 2.24) is 30.0 Å². The summed E-state index contributed by atoms with van der Waals surface area (Å²) in [6.07, 6.45) is 1.70. The van der Waals surface area contributed by atoms with Crippen LogP contribution in [0.1, 0.15) is 16.7 Å². The van der Waals surface area contributed by atoms with E-state index in [0.29, 0.717) is 29.5 Å². The molecule has 0 saturated heterocycles. The Labute approximate surface area is 161 Å². The van der Waals surface area contributed by atoms with Crippen LogP contribution in [0, 0.1) is 11.3 Å². The largest absolute Gasteiger partial charge is 0.254 e. The summed E-state index contributed by atoms with van der Waals surface area (Å²) in [5.41, 5.74) is 3.49. The van der Waals surface area contributed by atoms with Crippen molar-refractivity contribution >= 4 is 12.6 Å². The van der Waals surface area contributed by atoms with Crippen LogP contribution < -0.4 is 0 Å². The molecule has 0 N–H and O–H groups in total. The van der Waals surface area contributed by atoms with Crippen LogP contribution in [-0.2, 0) is 13.1 Å². The molecule has 0 bridgehead atoms. The van der Waals surface area contributed by atoms with Crippen molar-refractivity contribution in [3.8, 4) is 17.5 Å². The van der Waals surface area contributed by atoms with Gasteiger partial charge in [0.25, 0.3) is 0 Å². The summed E-state index contributed by atoms with van der Waals surface area (Å²) in [5, 5.41) is 26.6. The minimum atomic E-state index is 0.471. The number of tetrazole rings is 1. The van der Waals surface area contributed by atoms with Crippen molar-refractivity contribution in [2.75, 3.05) is 0 Å². The predicted octanol–water partition coefficient (Wildman–Crippen LogP) is 2.79. The molecular formula is C19H15N7S. The number of rotatable bonds is 5. The molecule has 132 valence electrons. The Balaban J connectivity index is 1.52. The predicted molar refractivity (Wildman–Crippen MR) is 102 cm³/mol. The first-order valence-electron chi connectivity index (χ1n) is 8.29. The molecular weight excluding hydrogens is 358 g/mol. The van der Waals surface area contributed by atoms with Crippen molar-refractivity contribution in [2.24, 2.45) is 0 Å². The quantitative estimate of drug-likeness (QED) is 0.544. The maximum atomic E-state index is 8.86. The molecule has 0 spiro atoms. The fourth-order valence-electron chi connectivity index (χ4n) is 2.67. The molecule has 8 heteroatoms. The van der Waals surface area contributed by atoms with Gasteiger partial charge in [0.1, 0.15) is 5.03 Å². The van der Waals surface area contributed by atoms with E-state index in [1.165, 1.54) is 4.80 Å². The highest BCUT2D eigenvalue weighted by Gasteiger charge is 2.15. The molecule has 7 nitrogen and oxygen atoms in total. The Hall–Kier alpha value is -3.44. The van der Waals surface area contributed by atoms with Crippen LogP contribution in [0.15, 0.2) is 65.8 Å². The van der Waals surface area contributed by atoms with Gasteiger partial charge in [-0.05, 0) is 28.5 Å². The molecule has 2 heterocycles. The monoisotopic (exact) mass is 373 g/mol. The van der Waals surface area contributed by atoms with Gasteiger partial charge in [0, 0.05) is 0 Å². The van der Waals surface area contributed by atoms with E-state index in [0.717, 1.165) is 16.7 Å². The first kappa shape index (κ1) is 17.0. The zero-order valence-corrected chi connectivity index (χ0v) is 15.2. The van der Waals surface area contributed by atoms with E-state index >= 15 is 0 Å². The van der Waals surface area contributed by atoms with E-state index in [1.807, 2.05) is 42.5 Å². The van der Waals surface area contributed by atoms with Gasteiger partial charge >= 0.3 is 0 Å². The zero-order chi connectivity index (χ0) is 18.6. The molecule has 2 aromatic carbocycles. The van der Waals surface area contributed by atoms with Gasteiger partial charge in [-0.1, -0.05) is 42.5 Å². The van der Waals surface area contributed by atoms with E-state index in [2.05, 4.69) is 39.2 Å². The van der Waals surface area contributed by atoms with Crippen molar-refractivity contribution in [1.29, 1.82) is 5.26 Å². The minimum Gasteiger partial charge on any atom is -0.254 e. The highest BCUT2D eigenvalue weighted by Crippen LogP contribution is 2.23. The third-order valence-electron chi connectivity index (χ3n) is 4.09. The third-order valence-corrected chi connectivity index (χ3v) is 4.56. The molecule has 0 aliphatic carbocycles. The zero-order valence-electron chi connectivity index (χ0n) is 14.3. The molecule has 0 aliphatic heterocycles. The number of nitrogens with zero attached hydrogens (tertiary/aromatic N) is 7. The second-order valence-corrected chi connectivity index (χ2v) is 6.40. The lowest BCUT2D eigenvalue weighted by Crippen LogP contribution is -2.04. The Morgan fingerprint density at radius 2 is 1.70 bits per heavy atom. The normalized spacial score (nSPS) is 10.7. The van der Waals surface area contributed by atoms with Crippen molar-refractivity contribution in [2.45, 2.75) is 18.1 Å². The van der Waals surface area contributed by atoms with Crippen molar-refractivity contribution in [3.63, 3.8) is 0 Å². The van der Waals surface area contributed by atoms with Crippen LogP contribution in [0.4, 0.5) is 0 Å². The summed E-state index contributed by atoms with van der Waals surface area (Å²) in [6.45, 7) is 1.10. The molecule has 0 aliphatic rings. The van der Waals surface area contributed by atoms with Gasteiger partial charge in [0.2, 0.25) is 5.82 Å². The average Bonchev–Trinajstić information content (AvgIpc) is 3.30. The van der Waals surface area contributed by atoms with Gasteiger partial charge in [0.15, 0.2) is 0 Å². The van der Waals surface area contributed by atoms with E-state index in [9.17, 15) is 0 Å². The summed E-state index contributed by atoms with van der Waals surface area (Å²) in [7, 11) is 0. The maximum Gasteiger partial charge on any atom is 0.209 e. The molecule has 0 unspecified atom stereocenters. The van der Waals surface area contributed by atoms with Crippen molar-refractivity contribution < 1.29 is 0 Å². The molecule has 2 aromatic heterocycles. The second-order valence-electron chi connectivity index (χ2n) is 5.98. The molecule has 27 heavy (non-hydrogen) atoms. The maximum absolute atomic E-state index is 8.86. The Morgan fingerprint density at radius 1 is 0.963 bits per heavy atom. The Kier molecular flexibility index (Phi) is 4.68. The summed E-state index contributed by atoms with van der Waals surface area (Å²) in [6, 6.07) is 19.5. The summed E-state index contributed by atoms with van der Waals surface area (Å²) in [5.74, 6) is 0.480. The molecule has 0 amide bonds. The molecule has 4 aromatic rings. The first-order chi connectivity index (χ1) is 13.2. The van der Waals surface area contributed by atoms with Gasteiger partial charge in [-0.3, -0.25) is 4.68 Å². The van der Waals surface area contributed by atoms with Gasteiger partial charge in [-0.15, -0.1) is 22.8 Å². The van der Waals surface area contributed by atoms with Crippen LogP contribution in [0.5, 0.6) is 0 Å². The van der Waals surface area contributed by atoms with Gasteiger partial charge in [-0.2, -0.15) is 15.2 Å². The lowest BCUT2D eigenvalue weighted by atomic mass is 10.1. The van der Waals surface area contributed by atoms with E-state index in [1.54, 1.807) is 23.0 Å². The van der Waals surface area contributed by atoms with Crippen LogP contribution >= 0.6 is 12.6 Å². The number of benzene rings is 2. The molecule has 4 rings (SSSR count). The van der Waals surface area contributed by atoms with Gasteiger partial charge < -0.3 is 0 Å². The number of hydrogen-bond donors (Lipinski definition) is 1. The summed E-state index contributed by atoms with van der Waals surface area (Å²) < 4.78 is 1.80. The first-order valence-corrected chi connectivity index (χ1v) is 8.73. The minimum absolute atomic E-state index is 0.471. The Morgan fingerprint density at radius 3 is 2.44 bits per heavy atom. The van der Waals surface area contributed by atoms with E-state index in [-0.39, 0.29) is 0 Å². The van der Waals surface area contributed by atoms with E-state index in [4.69, 9.17) is 5.26 Å². The average molecular weight is 373 g/mol. The second kappa shape index (κ2) is 7.43. The lowest BCUT2D eigenvalue weighted by Gasteiger charge is -2.04.